The number of halogens is 2. The molecule has 0 bridgehead atoms. The molecule has 0 radical (unpaired) electrons. The molecule has 0 amide bonds. The van der Waals surface area contributed by atoms with Gasteiger partial charge < -0.3 is 5.11 Å². The molecule has 1 heterocycles. The van der Waals surface area contributed by atoms with Crippen molar-refractivity contribution in [3.63, 3.8) is 0 Å². The van der Waals surface area contributed by atoms with Crippen molar-refractivity contribution in [1.82, 2.24) is 0 Å². The first-order chi connectivity index (χ1) is 5.04. The van der Waals surface area contributed by atoms with E-state index >= 15 is 0 Å². The van der Waals surface area contributed by atoms with Crippen LogP contribution in [0.15, 0.2) is 4.47 Å². The number of hydrogen-bond donors (Lipinski definition) is 1. The summed E-state index contributed by atoms with van der Waals surface area (Å²) in [6.07, 6.45) is 0. The van der Waals surface area contributed by atoms with E-state index in [9.17, 15) is 9.18 Å². The van der Waals surface area contributed by atoms with Gasteiger partial charge in [-0.3, -0.25) is 0 Å². The van der Waals surface area contributed by atoms with E-state index in [2.05, 4.69) is 15.9 Å². The molecule has 0 saturated carbocycles. The third kappa shape index (κ3) is 1.44. The minimum Gasteiger partial charge on any atom is -0.477 e. The number of carbonyl (C=O) groups is 1. The van der Waals surface area contributed by atoms with Crippen LogP contribution < -0.4 is 0 Å². The number of aromatic carboxylic acids is 1. The number of hydrogen-bond acceptors (Lipinski definition) is 2. The van der Waals surface area contributed by atoms with Gasteiger partial charge in [-0.15, -0.1) is 11.3 Å². The molecule has 0 unspecified atom stereocenters. The van der Waals surface area contributed by atoms with Crippen molar-refractivity contribution in [3.8, 4) is 0 Å². The fourth-order valence-corrected chi connectivity index (χ4v) is 1.97. The average molecular weight is 239 g/mol. The van der Waals surface area contributed by atoms with Gasteiger partial charge in [-0.2, -0.15) is 0 Å². The lowest BCUT2D eigenvalue weighted by Gasteiger charge is -1.85. The van der Waals surface area contributed by atoms with Crippen LogP contribution in [0.25, 0.3) is 0 Å². The highest BCUT2D eigenvalue weighted by molar-refractivity contribution is 9.10. The van der Waals surface area contributed by atoms with E-state index in [4.69, 9.17) is 5.11 Å². The van der Waals surface area contributed by atoms with Crippen molar-refractivity contribution in [3.05, 3.63) is 20.0 Å². The first-order valence-electron chi connectivity index (χ1n) is 2.71. The molecule has 0 fully saturated rings. The molecule has 1 rings (SSSR count). The van der Waals surface area contributed by atoms with Gasteiger partial charge >= 0.3 is 5.97 Å². The standard InChI is InChI=1S/C6H4BrFO2S/c1-2-3(7)4(8)5(11-2)6(9)10/h1H3,(H,9,10). The Bertz CT molecular complexity index is 308. The summed E-state index contributed by atoms with van der Waals surface area (Å²) in [5.74, 6) is -1.90. The van der Waals surface area contributed by atoms with Gasteiger partial charge in [0.25, 0.3) is 0 Å². The van der Waals surface area contributed by atoms with Gasteiger partial charge in [-0.25, -0.2) is 9.18 Å². The first-order valence-corrected chi connectivity index (χ1v) is 4.32. The topological polar surface area (TPSA) is 37.3 Å². The number of carboxylic acids is 1. The first kappa shape index (κ1) is 8.67. The highest BCUT2D eigenvalue weighted by Crippen LogP contribution is 2.30. The zero-order valence-corrected chi connectivity index (χ0v) is 7.92. The molecule has 1 aromatic rings. The zero-order valence-electron chi connectivity index (χ0n) is 5.52. The normalized spacial score (nSPS) is 10.1. The van der Waals surface area contributed by atoms with Crippen LogP contribution >= 0.6 is 27.3 Å². The highest BCUT2D eigenvalue weighted by atomic mass is 79.9. The van der Waals surface area contributed by atoms with Crippen molar-refractivity contribution in [2.45, 2.75) is 6.92 Å². The summed E-state index contributed by atoms with van der Waals surface area (Å²) < 4.78 is 13.1. The predicted molar refractivity (Wildman–Crippen MR) is 43.7 cm³/mol. The Morgan fingerprint density at radius 3 is 2.45 bits per heavy atom. The van der Waals surface area contributed by atoms with E-state index < -0.39 is 11.8 Å². The van der Waals surface area contributed by atoms with Crippen LogP contribution in [0.3, 0.4) is 0 Å². The monoisotopic (exact) mass is 238 g/mol. The Morgan fingerprint density at radius 2 is 2.27 bits per heavy atom. The maximum atomic E-state index is 12.9. The van der Waals surface area contributed by atoms with E-state index in [0.717, 1.165) is 11.3 Å². The molecule has 0 aliphatic carbocycles. The van der Waals surface area contributed by atoms with Gasteiger partial charge in [0.2, 0.25) is 0 Å². The summed E-state index contributed by atoms with van der Waals surface area (Å²) in [4.78, 5) is 10.7. The second-order valence-electron chi connectivity index (χ2n) is 1.92. The van der Waals surface area contributed by atoms with Gasteiger partial charge in [0.15, 0.2) is 5.82 Å². The van der Waals surface area contributed by atoms with Gasteiger partial charge in [0, 0.05) is 4.88 Å². The van der Waals surface area contributed by atoms with Gasteiger partial charge in [-0.05, 0) is 22.9 Å². The number of aryl methyl sites for hydroxylation is 1. The van der Waals surface area contributed by atoms with E-state index in [1.165, 1.54) is 0 Å². The van der Waals surface area contributed by atoms with Crippen molar-refractivity contribution >= 4 is 33.2 Å². The largest absolute Gasteiger partial charge is 0.477 e. The van der Waals surface area contributed by atoms with Gasteiger partial charge in [0.1, 0.15) is 4.88 Å². The summed E-state index contributed by atoms with van der Waals surface area (Å²) in [6.45, 7) is 1.66. The number of rotatable bonds is 1. The molecule has 0 saturated heterocycles. The molecular formula is C6H4BrFO2S. The van der Waals surface area contributed by atoms with Crippen LogP contribution in [0, 0.1) is 12.7 Å². The van der Waals surface area contributed by atoms with Crippen molar-refractivity contribution in [1.29, 1.82) is 0 Å². The molecular weight excluding hydrogens is 235 g/mol. The van der Waals surface area contributed by atoms with Crippen LogP contribution in [-0.2, 0) is 0 Å². The predicted octanol–water partition coefficient (Wildman–Crippen LogP) is 2.66. The minimum atomic E-state index is -1.22. The Morgan fingerprint density at radius 1 is 1.73 bits per heavy atom. The van der Waals surface area contributed by atoms with Gasteiger partial charge in [-0.1, -0.05) is 0 Å². The Hall–Kier alpha value is -0.420. The lowest BCUT2D eigenvalue weighted by atomic mass is 10.4. The van der Waals surface area contributed by atoms with Crippen LogP contribution in [0.4, 0.5) is 4.39 Å². The van der Waals surface area contributed by atoms with E-state index in [-0.39, 0.29) is 9.35 Å². The van der Waals surface area contributed by atoms with Gasteiger partial charge in [0.05, 0.1) is 4.47 Å². The number of carboxylic acid groups (broad SMARTS) is 1. The molecule has 1 aromatic heterocycles. The summed E-state index contributed by atoms with van der Waals surface area (Å²) in [6, 6.07) is 0. The molecule has 0 aliphatic heterocycles. The van der Waals surface area contributed by atoms with E-state index in [1.807, 2.05) is 0 Å². The lowest BCUT2D eigenvalue weighted by molar-refractivity contribution is 0.0697. The second kappa shape index (κ2) is 2.91. The molecule has 0 atom stereocenters. The van der Waals surface area contributed by atoms with Crippen LogP contribution in [0.5, 0.6) is 0 Å². The average Bonchev–Trinajstić information content (AvgIpc) is 2.17. The zero-order chi connectivity index (χ0) is 8.59. The van der Waals surface area contributed by atoms with E-state index in [0.29, 0.717) is 4.88 Å². The maximum absolute atomic E-state index is 12.9. The molecule has 1 N–H and O–H groups in total. The molecule has 0 spiro atoms. The Kier molecular flexibility index (Phi) is 2.29. The quantitative estimate of drug-likeness (QED) is 0.817. The van der Waals surface area contributed by atoms with Crippen molar-refractivity contribution in [2.24, 2.45) is 0 Å². The summed E-state index contributed by atoms with van der Waals surface area (Å²) in [5.41, 5.74) is 0. The van der Waals surface area contributed by atoms with Crippen LogP contribution in [0.1, 0.15) is 14.5 Å². The summed E-state index contributed by atoms with van der Waals surface area (Å²) >= 11 is 3.87. The number of thiophene rings is 1. The third-order valence-electron chi connectivity index (χ3n) is 1.15. The van der Waals surface area contributed by atoms with Crippen LogP contribution in [0.2, 0.25) is 0 Å². The molecule has 60 valence electrons. The minimum absolute atomic E-state index is 0.241. The lowest BCUT2D eigenvalue weighted by Crippen LogP contribution is -1.94. The summed E-state index contributed by atoms with van der Waals surface area (Å²) in [5, 5.41) is 8.45. The van der Waals surface area contributed by atoms with Crippen LogP contribution in [-0.4, -0.2) is 11.1 Å². The molecule has 11 heavy (non-hydrogen) atoms. The molecule has 5 heteroatoms. The Labute approximate surface area is 74.8 Å². The fourth-order valence-electron chi connectivity index (χ4n) is 0.634. The third-order valence-corrected chi connectivity index (χ3v) is 3.42. The second-order valence-corrected chi connectivity index (χ2v) is 3.94. The maximum Gasteiger partial charge on any atom is 0.348 e. The van der Waals surface area contributed by atoms with Crippen molar-refractivity contribution in [2.75, 3.05) is 0 Å². The SMILES string of the molecule is Cc1sc(C(=O)O)c(F)c1Br. The smallest absolute Gasteiger partial charge is 0.348 e. The summed E-state index contributed by atoms with van der Waals surface area (Å²) in [7, 11) is 0. The molecule has 0 aromatic carbocycles. The molecule has 2 nitrogen and oxygen atoms in total. The van der Waals surface area contributed by atoms with Crippen molar-refractivity contribution < 1.29 is 14.3 Å². The fraction of sp³-hybridized carbons (Fsp3) is 0.167. The molecule has 0 aliphatic rings. The Balaban J connectivity index is 3.29. The highest BCUT2D eigenvalue weighted by Gasteiger charge is 2.18. The van der Waals surface area contributed by atoms with E-state index in [1.54, 1.807) is 6.92 Å².